The summed E-state index contributed by atoms with van der Waals surface area (Å²) in [5.74, 6) is -5.22. The minimum Gasteiger partial charge on any atom is -0.419 e. The van der Waals surface area contributed by atoms with Gasteiger partial charge < -0.3 is 14.2 Å². The van der Waals surface area contributed by atoms with E-state index in [0.29, 0.717) is 25.2 Å². The van der Waals surface area contributed by atoms with Crippen molar-refractivity contribution in [1.82, 2.24) is 30.2 Å². The van der Waals surface area contributed by atoms with Crippen molar-refractivity contribution >= 4 is 35.0 Å². The summed E-state index contributed by atoms with van der Waals surface area (Å²) in [6.45, 7) is 5.37. The summed E-state index contributed by atoms with van der Waals surface area (Å²) >= 11 is 11.8. The van der Waals surface area contributed by atoms with Gasteiger partial charge in [-0.2, -0.15) is 13.9 Å². The lowest BCUT2D eigenvalue weighted by Gasteiger charge is -2.50. The van der Waals surface area contributed by atoms with Crippen LogP contribution in [0.3, 0.4) is 0 Å². The molecule has 38 heavy (non-hydrogen) atoms. The van der Waals surface area contributed by atoms with Gasteiger partial charge in [-0.1, -0.05) is 43.1 Å². The van der Waals surface area contributed by atoms with E-state index in [2.05, 4.69) is 34.2 Å². The molecule has 6 rings (SSSR count). The fraction of sp³-hybridized carbons (Fsp3) is 0.480. The number of alkyl halides is 2. The highest BCUT2D eigenvalue weighted by Gasteiger charge is 2.62. The van der Waals surface area contributed by atoms with Gasteiger partial charge in [-0.25, -0.2) is 0 Å². The van der Waals surface area contributed by atoms with Crippen molar-refractivity contribution in [1.29, 1.82) is 0 Å². The average Bonchev–Trinajstić information content (AvgIpc) is 3.38. The Morgan fingerprint density at radius 1 is 1.13 bits per heavy atom. The molecule has 3 aliphatic rings. The Balaban J connectivity index is 1.28. The molecule has 2 saturated heterocycles. The van der Waals surface area contributed by atoms with Crippen LogP contribution in [0.1, 0.15) is 53.9 Å². The molecule has 2 atom stereocenters. The molecule has 2 aliphatic heterocycles. The number of rotatable bonds is 5. The molecule has 1 saturated carbocycles. The molecule has 1 spiro atoms. The third kappa shape index (κ3) is 3.98. The molecule has 4 heterocycles. The van der Waals surface area contributed by atoms with Crippen LogP contribution in [-0.4, -0.2) is 68.2 Å². The van der Waals surface area contributed by atoms with Gasteiger partial charge in [-0.3, -0.25) is 14.7 Å². The molecule has 0 bridgehead atoms. The van der Waals surface area contributed by atoms with Crippen molar-refractivity contribution in [3.05, 3.63) is 63.5 Å². The van der Waals surface area contributed by atoms with E-state index in [1.807, 2.05) is 0 Å². The van der Waals surface area contributed by atoms with Crippen molar-refractivity contribution in [3.8, 4) is 0 Å². The summed E-state index contributed by atoms with van der Waals surface area (Å²) in [7, 11) is 0. The van der Waals surface area contributed by atoms with Gasteiger partial charge in [0.05, 0.1) is 27.7 Å². The van der Waals surface area contributed by atoms with Crippen LogP contribution < -0.4 is 0 Å². The third-order valence-corrected chi connectivity index (χ3v) is 8.84. The molecule has 200 valence electrons. The van der Waals surface area contributed by atoms with Crippen LogP contribution in [0.15, 0.2) is 35.0 Å². The Bertz CT molecular complexity index is 1420. The van der Waals surface area contributed by atoms with E-state index < -0.39 is 28.7 Å². The number of nitrogens with one attached hydrogen (secondary N) is 1. The first kappa shape index (κ1) is 25.2. The predicted molar refractivity (Wildman–Crippen MR) is 132 cm³/mol. The van der Waals surface area contributed by atoms with Gasteiger partial charge in [0.15, 0.2) is 0 Å². The zero-order valence-electron chi connectivity index (χ0n) is 20.5. The van der Waals surface area contributed by atoms with Gasteiger partial charge >= 0.3 is 5.92 Å². The van der Waals surface area contributed by atoms with Gasteiger partial charge in [0.25, 0.3) is 11.8 Å². The van der Waals surface area contributed by atoms with Crippen molar-refractivity contribution in [2.24, 2.45) is 16.7 Å². The third-order valence-electron chi connectivity index (χ3n) is 8.10. The molecule has 2 amide bonds. The summed E-state index contributed by atoms with van der Waals surface area (Å²) in [5, 5.41) is 14.3. The molecule has 1 aliphatic carbocycles. The number of halogens is 4. The Morgan fingerprint density at radius 2 is 1.84 bits per heavy atom. The van der Waals surface area contributed by atoms with E-state index in [9.17, 15) is 9.59 Å². The summed E-state index contributed by atoms with van der Waals surface area (Å²) in [6, 6.07) is 3.48. The Labute approximate surface area is 226 Å². The number of H-pyrrole nitrogens is 1. The highest BCUT2D eigenvalue weighted by atomic mass is 35.5. The highest BCUT2D eigenvalue weighted by Crippen LogP contribution is 2.56. The largest absolute Gasteiger partial charge is 0.419 e. The zero-order chi connectivity index (χ0) is 27.0. The Morgan fingerprint density at radius 3 is 2.47 bits per heavy atom. The average molecular weight is 565 g/mol. The number of carbonyl (C=O) groups is 2. The van der Waals surface area contributed by atoms with Gasteiger partial charge in [-0.05, 0) is 24.0 Å². The van der Waals surface area contributed by atoms with Crippen LogP contribution in [0.5, 0.6) is 0 Å². The van der Waals surface area contributed by atoms with Gasteiger partial charge in [0.2, 0.25) is 11.8 Å². The smallest absolute Gasteiger partial charge is 0.349 e. The molecule has 2 aromatic heterocycles. The summed E-state index contributed by atoms with van der Waals surface area (Å²) in [6.07, 6.45) is 3.76. The van der Waals surface area contributed by atoms with E-state index in [0.717, 1.165) is 18.6 Å². The van der Waals surface area contributed by atoms with E-state index in [-0.39, 0.29) is 45.6 Å². The second kappa shape index (κ2) is 8.47. The number of nitrogens with zero attached hydrogens (tertiary/aromatic N) is 5. The monoisotopic (exact) mass is 564 g/mol. The summed E-state index contributed by atoms with van der Waals surface area (Å²) < 4.78 is 36.2. The second-order valence-electron chi connectivity index (χ2n) is 11.2. The van der Waals surface area contributed by atoms with Crippen molar-refractivity contribution in [2.75, 3.05) is 26.2 Å². The maximum absolute atomic E-state index is 15.3. The van der Waals surface area contributed by atoms with E-state index in [1.165, 1.54) is 18.5 Å². The number of hydrogen-bond donors (Lipinski definition) is 1. The topological polar surface area (TPSA) is 108 Å². The lowest BCUT2D eigenvalue weighted by molar-refractivity contribution is -0.146. The lowest BCUT2D eigenvalue weighted by atomic mass is 9.71. The fourth-order valence-corrected chi connectivity index (χ4v) is 5.93. The summed E-state index contributed by atoms with van der Waals surface area (Å²) in [5.41, 5.74) is -0.662. The molecule has 1 aromatic carbocycles. The molecule has 3 fully saturated rings. The van der Waals surface area contributed by atoms with Crippen LogP contribution in [0, 0.1) is 16.7 Å². The van der Waals surface area contributed by atoms with E-state index in [4.69, 9.17) is 27.6 Å². The van der Waals surface area contributed by atoms with Crippen LogP contribution in [0.4, 0.5) is 8.78 Å². The number of carbonyl (C=O) groups excluding carboxylic acids is 2. The number of amides is 2. The van der Waals surface area contributed by atoms with Crippen LogP contribution in [0.2, 0.25) is 10.0 Å². The normalized spacial score (nSPS) is 23.5. The molecule has 3 aromatic rings. The fourth-order valence-electron chi connectivity index (χ4n) is 5.63. The minimum absolute atomic E-state index is 0.001000. The SMILES string of the molecule is CC1(C)C[C@@H]1C(=O)N1CC2(CN(C(=O)c3cn[nH]c3)CC2c2nnc(C(F)(F)c3ccc(Cl)c(Cl)c3)o2)C1. The van der Waals surface area contributed by atoms with Crippen LogP contribution in [-0.2, 0) is 10.7 Å². The molecule has 9 nitrogen and oxygen atoms in total. The number of aromatic nitrogens is 4. The lowest BCUT2D eigenvalue weighted by Crippen LogP contribution is -2.62. The molecule has 0 radical (unpaired) electrons. The van der Waals surface area contributed by atoms with E-state index in [1.54, 1.807) is 9.80 Å². The number of benzene rings is 1. The molecule has 13 heteroatoms. The Hall–Kier alpha value is -3.05. The second-order valence-corrected chi connectivity index (χ2v) is 12.0. The standard InChI is InChI=1S/C25H24Cl2F2N6O3/c1-23(2)6-15(23)21(37)35-11-24(12-35)10-34(20(36)13-7-30-31-8-13)9-16(24)19-32-33-22(38-19)25(28,29)14-3-4-17(26)18(27)5-14/h3-5,7-8,15-16H,6,9-12H2,1-2H3,(H,30,31)/t15-,16?/m1/s1. The van der Waals surface area contributed by atoms with Crippen molar-refractivity contribution < 1.29 is 22.8 Å². The molecular formula is C25H24Cl2F2N6O3. The minimum atomic E-state index is -3.61. The van der Waals surface area contributed by atoms with Crippen LogP contribution in [0.25, 0.3) is 0 Å². The van der Waals surface area contributed by atoms with E-state index >= 15 is 8.78 Å². The highest BCUT2D eigenvalue weighted by molar-refractivity contribution is 6.42. The molecule has 1 unspecified atom stereocenters. The number of hydrogen-bond acceptors (Lipinski definition) is 6. The maximum atomic E-state index is 15.3. The predicted octanol–water partition coefficient (Wildman–Crippen LogP) is 4.35. The van der Waals surface area contributed by atoms with Gasteiger partial charge in [0, 0.05) is 49.3 Å². The van der Waals surface area contributed by atoms with Crippen molar-refractivity contribution in [3.63, 3.8) is 0 Å². The van der Waals surface area contributed by atoms with Gasteiger partial charge in [-0.15, -0.1) is 10.2 Å². The number of likely N-dealkylation sites (tertiary alicyclic amines) is 2. The quantitative estimate of drug-likeness (QED) is 0.493. The first-order valence-corrected chi connectivity index (χ1v) is 12.9. The first-order valence-electron chi connectivity index (χ1n) is 12.2. The van der Waals surface area contributed by atoms with Crippen molar-refractivity contribution in [2.45, 2.75) is 32.1 Å². The molecule has 1 N–H and O–H groups in total. The zero-order valence-corrected chi connectivity index (χ0v) is 22.1. The number of aromatic amines is 1. The first-order chi connectivity index (χ1) is 17.9. The summed E-state index contributed by atoms with van der Waals surface area (Å²) in [4.78, 5) is 29.5. The maximum Gasteiger partial charge on any atom is 0.349 e. The molecular weight excluding hydrogens is 541 g/mol. The van der Waals surface area contributed by atoms with Crippen LogP contribution >= 0.6 is 23.2 Å². The van der Waals surface area contributed by atoms with Gasteiger partial charge in [0.1, 0.15) is 0 Å². The Kier molecular flexibility index (Phi) is 5.63.